The van der Waals surface area contributed by atoms with Crippen LogP contribution in [0.1, 0.15) is 5.56 Å². The molecule has 0 atom stereocenters. The number of likely N-dealkylation sites (N-methyl/N-ethyl adjacent to an activating group) is 1. The van der Waals surface area contributed by atoms with Gasteiger partial charge < -0.3 is 4.90 Å². The zero-order chi connectivity index (χ0) is 12.1. The van der Waals surface area contributed by atoms with Crippen molar-refractivity contribution in [1.82, 2.24) is 4.90 Å². The maximum Gasteiger partial charge on any atom is 0.226 e. The minimum atomic E-state index is -0.437. The number of nitrogens with zero attached hydrogens (tertiary/aromatic N) is 1. The van der Waals surface area contributed by atoms with Crippen molar-refractivity contribution in [1.29, 1.82) is 0 Å². The van der Waals surface area contributed by atoms with Crippen molar-refractivity contribution in [3.8, 4) is 0 Å². The minimum absolute atomic E-state index is 0.00495. The molecule has 0 saturated heterocycles. The lowest BCUT2D eigenvalue weighted by Crippen LogP contribution is -2.30. The van der Waals surface area contributed by atoms with E-state index in [0.29, 0.717) is 16.9 Å². The van der Waals surface area contributed by atoms with Crippen LogP contribution in [0.3, 0.4) is 0 Å². The van der Waals surface area contributed by atoms with Gasteiger partial charge in [0.2, 0.25) is 5.91 Å². The Labute approximate surface area is 108 Å². The van der Waals surface area contributed by atoms with E-state index in [9.17, 15) is 9.18 Å². The number of carbonyl (C=O) groups excluding carboxylic acids is 1. The van der Waals surface area contributed by atoms with Crippen molar-refractivity contribution in [2.24, 2.45) is 0 Å². The minimum Gasteiger partial charge on any atom is -0.345 e. The molecule has 0 fully saturated rings. The molecule has 0 aliphatic carbocycles. The topological polar surface area (TPSA) is 20.3 Å². The van der Waals surface area contributed by atoms with E-state index < -0.39 is 5.82 Å². The first kappa shape index (κ1) is 13.5. The van der Waals surface area contributed by atoms with Crippen LogP contribution in [-0.2, 0) is 11.2 Å². The Morgan fingerprint density at radius 3 is 2.81 bits per heavy atom. The van der Waals surface area contributed by atoms with Crippen molar-refractivity contribution >= 4 is 33.4 Å². The van der Waals surface area contributed by atoms with Crippen LogP contribution in [0, 0.1) is 5.82 Å². The van der Waals surface area contributed by atoms with Gasteiger partial charge in [-0.05, 0) is 12.1 Å². The maximum absolute atomic E-state index is 13.4. The van der Waals surface area contributed by atoms with Crippen LogP contribution < -0.4 is 0 Å². The summed E-state index contributed by atoms with van der Waals surface area (Å²) < 4.78 is 13.4. The van der Waals surface area contributed by atoms with Crippen molar-refractivity contribution in [3.05, 3.63) is 34.6 Å². The first-order valence-electron chi connectivity index (χ1n) is 4.79. The van der Waals surface area contributed by atoms with Crippen molar-refractivity contribution in [3.63, 3.8) is 0 Å². The highest BCUT2D eigenvalue weighted by Gasteiger charge is 2.14. The summed E-state index contributed by atoms with van der Waals surface area (Å²) in [6, 6.07) is 4.41. The molecule has 0 aliphatic heterocycles. The third kappa shape index (κ3) is 3.46. The second-order valence-electron chi connectivity index (χ2n) is 3.38. The van der Waals surface area contributed by atoms with Crippen molar-refractivity contribution in [2.45, 2.75) is 6.42 Å². The van der Waals surface area contributed by atoms with Gasteiger partial charge in [0.1, 0.15) is 5.82 Å². The van der Waals surface area contributed by atoms with Crippen LogP contribution in [0.25, 0.3) is 0 Å². The number of carbonyl (C=O) groups is 1. The molecule has 0 N–H and O–H groups in total. The molecule has 5 heteroatoms. The number of amides is 1. The average molecular weight is 309 g/mol. The van der Waals surface area contributed by atoms with Crippen LogP contribution >= 0.6 is 27.5 Å². The van der Waals surface area contributed by atoms with Gasteiger partial charge in [0, 0.05) is 29.5 Å². The molecule has 1 rings (SSSR count). The first-order chi connectivity index (χ1) is 7.56. The monoisotopic (exact) mass is 307 g/mol. The van der Waals surface area contributed by atoms with E-state index >= 15 is 0 Å². The highest BCUT2D eigenvalue weighted by Crippen LogP contribution is 2.19. The first-order valence-corrected chi connectivity index (χ1v) is 6.29. The maximum atomic E-state index is 13.4. The van der Waals surface area contributed by atoms with Gasteiger partial charge in [-0.2, -0.15) is 0 Å². The van der Waals surface area contributed by atoms with E-state index in [-0.39, 0.29) is 17.9 Å². The van der Waals surface area contributed by atoms with Crippen LogP contribution in [0.4, 0.5) is 4.39 Å². The lowest BCUT2D eigenvalue weighted by molar-refractivity contribution is -0.128. The summed E-state index contributed by atoms with van der Waals surface area (Å²) in [5.74, 6) is -0.584. The van der Waals surface area contributed by atoms with E-state index in [0.717, 1.165) is 0 Å². The van der Waals surface area contributed by atoms with Gasteiger partial charge in [-0.3, -0.25) is 4.79 Å². The molecule has 0 heterocycles. The Morgan fingerprint density at radius 1 is 1.56 bits per heavy atom. The molecule has 1 aromatic rings. The smallest absolute Gasteiger partial charge is 0.226 e. The summed E-state index contributed by atoms with van der Waals surface area (Å²) in [4.78, 5) is 13.2. The number of benzene rings is 1. The zero-order valence-electron chi connectivity index (χ0n) is 8.84. The predicted octanol–water partition coefficient (Wildman–Crippen LogP) is 2.87. The molecule has 16 heavy (non-hydrogen) atoms. The van der Waals surface area contributed by atoms with Gasteiger partial charge >= 0.3 is 0 Å². The molecule has 0 bridgehead atoms. The van der Waals surface area contributed by atoms with Gasteiger partial charge in [0.15, 0.2) is 0 Å². The normalized spacial score (nSPS) is 10.2. The fourth-order valence-electron chi connectivity index (χ4n) is 1.24. The summed E-state index contributed by atoms with van der Waals surface area (Å²) >= 11 is 9.07. The third-order valence-electron chi connectivity index (χ3n) is 2.24. The Bertz CT molecular complexity index is 366. The highest BCUT2D eigenvalue weighted by atomic mass is 79.9. The summed E-state index contributed by atoms with van der Waals surface area (Å²) in [5, 5.41) is 0.987. The molecule has 0 aliphatic rings. The quantitative estimate of drug-likeness (QED) is 0.783. The number of hydrogen-bond donors (Lipinski definition) is 0. The number of halogens is 3. The Hall–Kier alpha value is -0.610. The number of hydrogen-bond acceptors (Lipinski definition) is 1. The number of alkyl halides is 1. The van der Waals surface area contributed by atoms with Crippen molar-refractivity contribution < 1.29 is 9.18 Å². The summed E-state index contributed by atoms with van der Waals surface area (Å²) in [6.07, 6.45) is -0.00495. The van der Waals surface area contributed by atoms with E-state index in [4.69, 9.17) is 11.6 Å². The van der Waals surface area contributed by atoms with Crippen LogP contribution in [-0.4, -0.2) is 29.7 Å². The fourth-order valence-corrected chi connectivity index (χ4v) is 2.00. The highest BCUT2D eigenvalue weighted by molar-refractivity contribution is 9.09. The van der Waals surface area contributed by atoms with E-state index in [2.05, 4.69) is 15.9 Å². The predicted molar refractivity (Wildman–Crippen MR) is 66.5 cm³/mol. The van der Waals surface area contributed by atoms with Gasteiger partial charge in [0.25, 0.3) is 0 Å². The molecule has 0 saturated carbocycles. The fraction of sp³-hybridized carbons (Fsp3) is 0.364. The lowest BCUT2D eigenvalue weighted by Gasteiger charge is -2.16. The Morgan fingerprint density at radius 2 is 2.25 bits per heavy atom. The molecule has 1 aromatic carbocycles. The van der Waals surface area contributed by atoms with E-state index in [1.54, 1.807) is 13.1 Å². The molecule has 1 amide bonds. The molecule has 88 valence electrons. The second-order valence-corrected chi connectivity index (χ2v) is 4.58. The molecule has 0 aromatic heterocycles. The lowest BCUT2D eigenvalue weighted by atomic mass is 10.1. The number of rotatable bonds is 4. The molecule has 0 spiro atoms. The largest absolute Gasteiger partial charge is 0.345 e. The van der Waals surface area contributed by atoms with Crippen molar-refractivity contribution in [2.75, 3.05) is 18.9 Å². The summed E-state index contributed by atoms with van der Waals surface area (Å²) in [7, 11) is 1.68. The van der Waals surface area contributed by atoms with E-state index in [1.165, 1.54) is 17.0 Å². The van der Waals surface area contributed by atoms with Crippen LogP contribution in [0.2, 0.25) is 5.02 Å². The summed E-state index contributed by atoms with van der Waals surface area (Å²) in [5.41, 5.74) is 0.260. The van der Waals surface area contributed by atoms with Crippen LogP contribution in [0.15, 0.2) is 18.2 Å². The molecule has 0 radical (unpaired) electrons. The Balaban J connectivity index is 2.77. The SMILES string of the molecule is CN(CCBr)C(=O)Cc1c(F)cccc1Cl. The third-order valence-corrected chi connectivity index (χ3v) is 2.94. The molecular weight excluding hydrogens is 296 g/mol. The Kier molecular flexibility index (Phi) is 5.22. The average Bonchev–Trinajstić information content (AvgIpc) is 2.23. The molecule has 0 unspecified atom stereocenters. The summed E-state index contributed by atoms with van der Waals surface area (Å²) in [6.45, 7) is 0.588. The second kappa shape index (κ2) is 6.21. The standard InChI is InChI=1S/C11H12BrClFNO/c1-15(6-5-12)11(16)7-8-9(13)3-2-4-10(8)14/h2-4H,5-7H2,1H3. The van der Waals surface area contributed by atoms with Gasteiger partial charge in [-0.25, -0.2) is 4.39 Å². The van der Waals surface area contributed by atoms with Gasteiger partial charge in [-0.15, -0.1) is 0 Å². The molecular formula is C11H12BrClFNO. The van der Waals surface area contributed by atoms with Gasteiger partial charge in [-0.1, -0.05) is 33.6 Å². The van der Waals surface area contributed by atoms with E-state index in [1.807, 2.05) is 0 Å². The van der Waals surface area contributed by atoms with Crippen LogP contribution in [0.5, 0.6) is 0 Å². The zero-order valence-corrected chi connectivity index (χ0v) is 11.2. The van der Waals surface area contributed by atoms with Gasteiger partial charge in [0.05, 0.1) is 6.42 Å². The molecule has 2 nitrogen and oxygen atoms in total.